The SMILES string of the molecule is CCN(CC(=O)Nc1ccc(N)cc1Cl)c1ccccc1. The largest absolute Gasteiger partial charge is 0.399 e. The molecule has 0 radical (unpaired) electrons. The van der Waals surface area contributed by atoms with Crippen molar-refractivity contribution >= 4 is 34.6 Å². The van der Waals surface area contributed by atoms with Gasteiger partial charge in [-0.05, 0) is 37.3 Å². The van der Waals surface area contributed by atoms with Crippen LogP contribution in [0.4, 0.5) is 17.1 Å². The number of nitrogens with zero attached hydrogens (tertiary/aromatic N) is 1. The van der Waals surface area contributed by atoms with Gasteiger partial charge in [-0.2, -0.15) is 0 Å². The lowest BCUT2D eigenvalue weighted by atomic mass is 10.2. The number of para-hydroxylation sites is 1. The lowest BCUT2D eigenvalue weighted by Gasteiger charge is -2.22. The van der Waals surface area contributed by atoms with Crippen molar-refractivity contribution in [1.29, 1.82) is 0 Å². The summed E-state index contributed by atoms with van der Waals surface area (Å²) >= 11 is 6.05. The fourth-order valence-electron chi connectivity index (χ4n) is 2.02. The van der Waals surface area contributed by atoms with Gasteiger partial charge in [0.1, 0.15) is 0 Å². The maximum atomic E-state index is 12.1. The molecule has 2 rings (SSSR count). The highest BCUT2D eigenvalue weighted by molar-refractivity contribution is 6.34. The molecule has 0 saturated heterocycles. The van der Waals surface area contributed by atoms with Crippen molar-refractivity contribution in [2.45, 2.75) is 6.92 Å². The van der Waals surface area contributed by atoms with Crippen LogP contribution < -0.4 is 16.0 Å². The molecule has 0 heterocycles. The van der Waals surface area contributed by atoms with Gasteiger partial charge >= 0.3 is 0 Å². The maximum absolute atomic E-state index is 12.1. The van der Waals surface area contributed by atoms with Gasteiger partial charge in [-0.3, -0.25) is 4.79 Å². The van der Waals surface area contributed by atoms with Gasteiger partial charge in [-0.15, -0.1) is 0 Å². The number of amides is 1. The lowest BCUT2D eigenvalue weighted by Crippen LogP contribution is -2.33. The van der Waals surface area contributed by atoms with Crippen LogP contribution in [0.25, 0.3) is 0 Å². The Morgan fingerprint density at radius 1 is 1.24 bits per heavy atom. The summed E-state index contributed by atoms with van der Waals surface area (Å²) in [5, 5.41) is 3.24. The van der Waals surface area contributed by atoms with E-state index in [0.29, 0.717) is 16.4 Å². The number of benzene rings is 2. The molecule has 0 saturated carbocycles. The van der Waals surface area contributed by atoms with E-state index in [1.807, 2.05) is 42.2 Å². The molecule has 110 valence electrons. The van der Waals surface area contributed by atoms with Gasteiger partial charge in [0.25, 0.3) is 0 Å². The molecule has 21 heavy (non-hydrogen) atoms. The van der Waals surface area contributed by atoms with Crippen molar-refractivity contribution in [3.05, 3.63) is 53.6 Å². The fraction of sp³-hybridized carbons (Fsp3) is 0.188. The molecule has 5 heteroatoms. The zero-order chi connectivity index (χ0) is 15.2. The Morgan fingerprint density at radius 2 is 1.95 bits per heavy atom. The van der Waals surface area contributed by atoms with Crippen LogP contribution in [0.3, 0.4) is 0 Å². The molecular weight excluding hydrogens is 286 g/mol. The molecule has 4 nitrogen and oxygen atoms in total. The van der Waals surface area contributed by atoms with Crippen LogP contribution in [0.15, 0.2) is 48.5 Å². The molecule has 3 N–H and O–H groups in total. The first kappa shape index (κ1) is 15.2. The minimum Gasteiger partial charge on any atom is -0.399 e. The topological polar surface area (TPSA) is 58.4 Å². The van der Waals surface area contributed by atoms with E-state index in [9.17, 15) is 4.79 Å². The first-order valence-corrected chi connectivity index (χ1v) is 7.13. The number of nitrogens with two attached hydrogens (primary N) is 1. The van der Waals surface area contributed by atoms with Gasteiger partial charge in [-0.1, -0.05) is 29.8 Å². The van der Waals surface area contributed by atoms with E-state index in [4.69, 9.17) is 17.3 Å². The second kappa shape index (κ2) is 6.99. The average Bonchev–Trinajstić information content (AvgIpc) is 2.48. The number of halogens is 1. The minimum absolute atomic E-state index is 0.118. The molecule has 0 unspecified atom stereocenters. The van der Waals surface area contributed by atoms with E-state index in [1.54, 1.807) is 18.2 Å². The number of rotatable bonds is 5. The summed E-state index contributed by atoms with van der Waals surface area (Å²) in [5.41, 5.74) is 7.78. The van der Waals surface area contributed by atoms with Crippen LogP contribution >= 0.6 is 11.6 Å². The summed E-state index contributed by atoms with van der Waals surface area (Å²) in [6.07, 6.45) is 0. The highest BCUT2D eigenvalue weighted by Crippen LogP contribution is 2.24. The van der Waals surface area contributed by atoms with Crippen LogP contribution in [-0.2, 0) is 4.79 Å². The molecule has 0 fully saturated rings. The Balaban J connectivity index is 2.03. The number of anilines is 3. The number of nitrogen functional groups attached to an aromatic ring is 1. The first-order chi connectivity index (χ1) is 10.1. The second-order valence-corrected chi connectivity index (χ2v) is 5.04. The van der Waals surface area contributed by atoms with Gasteiger partial charge in [0.15, 0.2) is 0 Å². The molecule has 2 aromatic carbocycles. The first-order valence-electron chi connectivity index (χ1n) is 6.75. The monoisotopic (exact) mass is 303 g/mol. The molecule has 0 atom stereocenters. The smallest absolute Gasteiger partial charge is 0.243 e. The van der Waals surface area contributed by atoms with E-state index in [-0.39, 0.29) is 12.5 Å². The van der Waals surface area contributed by atoms with Gasteiger partial charge in [-0.25, -0.2) is 0 Å². The van der Waals surface area contributed by atoms with Crippen molar-refractivity contribution in [2.75, 3.05) is 29.0 Å². The highest BCUT2D eigenvalue weighted by Gasteiger charge is 2.11. The van der Waals surface area contributed by atoms with Crippen LogP contribution in [0.5, 0.6) is 0 Å². The minimum atomic E-state index is -0.118. The molecule has 0 aromatic heterocycles. The number of hydrogen-bond acceptors (Lipinski definition) is 3. The summed E-state index contributed by atoms with van der Waals surface area (Å²) in [6, 6.07) is 14.8. The molecule has 0 aliphatic carbocycles. The van der Waals surface area contributed by atoms with Crippen molar-refractivity contribution in [3.8, 4) is 0 Å². The highest BCUT2D eigenvalue weighted by atomic mass is 35.5. The predicted octanol–water partition coefficient (Wildman–Crippen LogP) is 3.39. The van der Waals surface area contributed by atoms with Crippen LogP contribution in [0.1, 0.15) is 6.92 Å². The zero-order valence-electron chi connectivity index (χ0n) is 11.8. The summed E-state index contributed by atoms with van der Waals surface area (Å²) in [7, 11) is 0. The molecule has 2 aromatic rings. The Morgan fingerprint density at radius 3 is 2.57 bits per heavy atom. The van der Waals surface area contributed by atoms with E-state index >= 15 is 0 Å². The van der Waals surface area contributed by atoms with E-state index in [1.165, 1.54) is 0 Å². The van der Waals surface area contributed by atoms with Crippen molar-refractivity contribution in [3.63, 3.8) is 0 Å². The molecule has 0 spiro atoms. The third-order valence-corrected chi connectivity index (χ3v) is 3.42. The summed E-state index contributed by atoms with van der Waals surface area (Å²) in [6.45, 7) is 3.02. The number of nitrogens with one attached hydrogen (secondary N) is 1. The molecule has 0 aliphatic rings. The fourth-order valence-corrected chi connectivity index (χ4v) is 2.26. The van der Waals surface area contributed by atoms with Gasteiger partial charge < -0.3 is 16.0 Å². The zero-order valence-corrected chi connectivity index (χ0v) is 12.6. The average molecular weight is 304 g/mol. The number of likely N-dealkylation sites (N-methyl/N-ethyl adjacent to an activating group) is 1. The standard InChI is InChI=1S/C16H18ClN3O/c1-2-20(13-6-4-3-5-7-13)11-16(21)19-15-9-8-12(18)10-14(15)17/h3-10H,2,11,18H2,1H3,(H,19,21). The third-order valence-electron chi connectivity index (χ3n) is 3.10. The van der Waals surface area contributed by atoms with E-state index in [2.05, 4.69) is 5.32 Å². The normalized spacial score (nSPS) is 10.2. The van der Waals surface area contributed by atoms with Crippen LogP contribution in [-0.4, -0.2) is 19.0 Å². The van der Waals surface area contributed by atoms with Gasteiger partial charge in [0.05, 0.1) is 17.3 Å². The predicted molar refractivity (Wildman–Crippen MR) is 88.8 cm³/mol. The summed E-state index contributed by atoms with van der Waals surface area (Å²) in [4.78, 5) is 14.1. The molecular formula is C16H18ClN3O. The Hall–Kier alpha value is -2.20. The maximum Gasteiger partial charge on any atom is 0.243 e. The Labute approximate surface area is 129 Å². The lowest BCUT2D eigenvalue weighted by molar-refractivity contribution is -0.115. The van der Waals surface area contributed by atoms with Crippen LogP contribution in [0, 0.1) is 0 Å². The molecule has 0 bridgehead atoms. The Kier molecular flexibility index (Phi) is 5.06. The van der Waals surface area contributed by atoms with Crippen molar-refractivity contribution < 1.29 is 4.79 Å². The van der Waals surface area contributed by atoms with Crippen LogP contribution in [0.2, 0.25) is 5.02 Å². The number of carbonyl (C=O) groups excluding carboxylic acids is 1. The quantitative estimate of drug-likeness (QED) is 0.832. The Bertz CT molecular complexity index is 616. The van der Waals surface area contributed by atoms with Crippen molar-refractivity contribution in [2.24, 2.45) is 0 Å². The van der Waals surface area contributed by atoms with E-state index < -0.39 is 0 Å². The van der Waals surface area contributed by atoms with Gasteiger partial charge in [0, 0.05) is 17.9 Å². The second-order valence-electron chi connectivity index (χ2n) is 4.64. The summed E-state index contributed by atoms with van der Waals surface area (Å²) < 4.78 is 0. The van der Waals surface area contributed by atoms with Gasteiger partial charge in [0.2, 0.25) is 5.91 Å². The molecule has 1 amide bonds. The molecule has 0 aliphatic heterocycles. The number of hydrogen-bond donors (Lipinski definition) is 2. The van der Waals surface area contributed by atoms with E-state index in [0.717, 1.165) is 12.2 Å². The van der Waals surface area contributed by atoms with Crippen molar-refractivity contribution in [1.82, 2.24) is 0 Å². The third kappa shape index (κ3) is 4.13. The summed E-state index contributed by atoms with van der Waals surface area (Å²) in [5.74, 6) is -0.118. The number of carbonyl (C=O) groups is 1.